The number of carbonyl (C=O) groups excluding carboxylic acids is 2. The molecule has 1 aliphatic carbocycles. The Labute approximate surface area is 227 Å². The lowest BCUT2D eigenvalue weighted by molar-refractivity contribution is -0.140. The number of allylic oxidation sites excluding steroid dienone is 3. The maximum absolute atomic E-state index is 13.3. The number of ketones is 1. The molecule has 2 aliphatic rings. The molecule has 0 saturated heterocycles. The lowest BCUT2D eigenvalue weighted by Gasteiger charge is -2.32. The van der Waals surface area contributed by atoms with E-state index in [1.807, 2.05) is 43.3 Å². The van der Waals surface area contributed by atoms with Gasteiger partial charge in [0.2, 0.25) is 0 Å². The van der Waals surface area contributed by atoms with Crippen molar-refractivity contribution in [3.05, 3.63) is 118 Å². The number of esters is 1. The van der Waals surface area contributed by atoms with E-state index in [1.54, 1.807) is 38.3 Å². The first-order valence-electron chi connectivity index (χ1n) is 12.8. The number of aromatic hydroxyl groups is 1. The number of halogens is 1. The predicted molar refractivity (Wildman–Crippen MR) is 146 cm³/mol. The Hall–Kier alpha value is -4.39. The Bertz CT molecular complexity index is 1420. The van der Waals surface area contributed by atoms with E-state index in [0.717, 1.165) is 22.6 Å². The van der Waals surface area contributed by atoms with E-state index in [1.165, 1.54) is 12.1 Å². The highest BCUT2D eigenvalue weighted by molar-refractivity contribution is 6.01. The lowest BCUT2D eigenvalue weighted by atomic mass is 9.78. The molecule has 1 atom stereocenters. The molecule has 0 aromatic heterocycles. The molecule has 1 heterocycles. The van der Waals surface area contributed by atoms with Crippen LogP contribution in [0.4, 0.5) is 4.39 Å². The summed E-state index contributed by atoms with van der Waals surface area (Å²) in [7, 11) is 1.63. The third-order valence-electron chi connectivity index (χ3n) is 6.81. The van der Waals surface area contributed by atoms with E-state index in [4.69, 9.17) is 14.6 Å². The number of hydrogen-bond acceptors (Lipinski definition) is 6. The SMILES string of the molecule is COc1ccccc1[C@H]1CC(=O)C2=C(C1)NC(C)=C(C(=O)OCc1cccc(F)c1)C2.Cc1cccc(O)c1. The summed E-state index contributed by atoms with van der Waals surface area (Å²) < 4.78 is 24.2. The second kappa shape index (κ2) is 12.4. The van der Waals surface area contributed by atoms with Crippen LogP contribution in [-0.4, -0.2) is 24.0 Å². The average Bonchev–Trinajstić information content (AvgIpc) is 2.91. The molecular formula is C32H32FNO5. The summed E-state index contributed by atoms with van der Waals surface area (Å²) in [4.78, 5) is 25.6. The van der Waals surface area contributed by atoms with Crippen LogP contribution < -0.4 is 10.1 Å². The standard InChI is InChI=1S/C25H24FNO4.C7H8O/c1-15-20(25(29)31-14-16-6-5-7-18(26)10-16)13-21-22(27-15)11-17(12-23(21)28)19-8-3-4-9-24(19)30-2;1-6-3-2-4-7(8)5-6/h3-10,17,27H,11-14H2,1-2H3;2-5,8H,1H3/t17-;/m1./s1. The van der Waals surface area contributed by atoms with Gasteiger partial charge in [-0.05, 0) is 67.3 Å². The van der Waals surface area contributed by atoms with E-state index in [2.05, 4.69) is 5.32 Å². The Morgan fingerprint density at radius 3 is 2.49 bits per heavy atom. The largest absolute Gasteiger partial charge is 0.508 e. The molecule has 1 aliphatic heterocycles. The van der Waals surface area contributed by atoms with E-state index >= 15 is 0 Å². The number of aryl methyl sites for hydroxylation is 1. The minimum absolute atomic E-state index is 0.0178. The third-order valence-corrected chi connectivity index (χ3v) is 6.81. The molecule has 2 N–H and O–H groups in total. The molecule has 0 radical (unpaired) electrons. The molecular weight excluding hydrogens is 497 g/mol. The number of para-hydroxylation sites is 1. The minimum atomic E-state index is -0.500. The van der Waals surface area contributed by atoms with Crippen molar-refractivity contribution in [3.63, 3.8) is 0 Å². The van der Waals surface area contributed by atoms with Crippen LogP contribution in [0.3, 0.4) is 0 Å². The van der Waals surface area contributed by atoms with Crippen LogP contribution in [-0.2, 0) is 20.9 Å². The Morgan fingerprint density at radius 2 is 1.79 bits per heavy atom. The van der Waals surface area contributed by atoms with Gasteiger partial charge in [0.15, 0.2) is 5.78 Å². The number of methoxy groups -OCH3 is 1. The van der Waals surface area contributed by atoms with Gasteiger partial charge in [-0.3, -0.25) is 4.79 Å². The molecule has 3 aromatic carbocycles. The monoisotopic (exact) mass is 529 g/mol. The molecule has 5 rings (SSSR count). The summed E-state index contributed by atoms with van der Waals surface area (Å²) >= 11 is 0. The highest BCUT2D eigenvalue weighted by atomic mass is 19.1. The van der Waals surface area contributed by atoms with Gasteiger partial charge in [-0.1, -0.05) is 42.5 Å². The molecule has 0 fully saturated rings. The van der Waals surface area contributed by atoms with Crippen molar-refractivity contribution in [1.82, 2.24) is 5.32 Å². The molecule has 0 unspecified atom stereocenters. The molecule has 7 heteroatoms. The van der Waals surface area contributed by atoms with Gasteiger partial charge >= 0.3 is 5.97 Å². The van der Waals surface area contributed by atoms with Crippen LogP contribution in [0, 0.1) is 12.7 Å². The maximum atomic E-state index is 13.3. The van der Waals surface area contributed by atoms with Crippen molar-refractivity contribution in [3.8, 4) is 11.5 Å². The van der Waals surface area contributed by atoms with Crippen molar-refractivity contribution < 1.29 is 28.6 Å². The Balaban J connectivity index is 0.000000379. The summed E-state index contributed by atoms with van der Waals surface area (Å²) in [5.41, 5.74) is 5.26. The molecule has 0 spiro atoms. The number of rotatable bonds is 5. The fourth-order valence-corrected chi connectivity index (χ4v) is 4.84. The molecule has 3 aromatic rings. The number of carbonyl (C=O) groups is 2. The zero-order valence-corrected chi connectivity index (χ0v) is 22.3. The third kappa shape index (κ3) is 6.93. The van der Waals surface area contributed by atoms with Gasteiger partial charge < -0.3 is 19.9 Å². The van der Waals surface area contributed by atoms with E-state index in [9.17, 15) is 14.0 Å². The Kier molecular flexibility index (Phi) is 8.81. The van der Waals surface area contributed by atoms with Gasteiger partial charge in [0.25, 0.3) is 0 Å². The lowest BCUT2D eigenvalue weighted by Crippen LogP contribution is -2.31. The summed E-state index contributed by atoms with van der Waals surface area (Å²) in [6, 6.07) is 20.8. The highest BCUT2D eigenvalue weighted by Gasteiger charge is 2.34. The average molecular weight is 530 g/mol. The summed E-state index contributed by atoms with van der Waals surface area (Å²) in [6.07, 6.45) is 1.28. The molecule has 0 amide bonds. The fraction of sp³-hybridized carbons (Fsp3) is 0.250. The van der Waals surface area contributed by atoms with E-state index in [-0.39, 0.29) is 30.5 Å². The normalized spacial score (nSPS) is 16.5. The van der Waals surface area contributed by atoms with Gasteiger partial charge in [-0.25, -0.2) is 9.18 Å². The Morgan fingerprint density at radius 1 is 1.03 bits per heavy atom. The zero-order chi connectivity index (χ0) is 27.9. The summed E-state index contributed by atoms with van der Waals surface area (Å²) in [6.45, 7) is 3.72. The quantitative estimate of drug-likeness (QED) is 0.380. The first-order chi connectivity index (χ1) is 18.7. The van der Waals surface area contributed by atoms with Gasteiger partial charge in [-0.15, -0.1) is 0 Å². The van der Waals surface area contributed by atoms with Crippen LogP contribution in [0.2, 0.25) is 0 Å². The second-order valence-corrected chi connectivity index (χ2v) is 9.68. The number of Topliss-reactive ketones (excluding diaryl/α,β-unsaturated/α-hetero) is 1. The minimum Gasteiger partial charge on any atom is -0.508 e. The van der Waals surface area contributed by atoms with Crippen molar-refractivity contribution >= 4 is 11.8 Å². The zero-order valence-electron chi connectivity index (χ0n) is 22.3. The number of dihydropyridines is 1. The summed E-state index contributed by atoms with van der Waals surface area (Å²) in [5.74, 6) is 0.270. The van der Waals surface area contributed by atoms with Crippen LogP contribution >= 0.6 is 0 Å². The van der Waals surface area contributed by atoms with Gasteiger partial charge in [0.05, 0.1) is 12.7 Å². The smallest absolute Gasteiger partial charge is 0.336 e. The molecule has 0 saturated carbocycles. The van der Waals surface area contributed by atoms with Gasteiger partial charge in [-0.2, -0.15) is 0 Å². The highest BCUT2D eigenvalue weighted by Crippen LogP contribution is 2.41. The molecule has 6 nitrogen and oxygen atoms in total. The number of benzene rings is 3. The number of phenols is 1. The number of phenolic OH excluding ortho intramolecular Hbond substituents is 1. The van der Waals surface area contributed by atoms with Crippen molar-refractivity contribution in [1.29, 1.82) is 0 Å². The molecule has 202 valence electrons. The van der Waals surface area contributed by atoms with Crippen LogP contribution in [0.15, 0.2) is 95.3 Å². The van der Waals surface area contributed by atoms with Crippen molar-refractivity contribution in [2.45, 2.75) is 45.6 Å². The topological polar surface area (TPSA) is 84.9 Å². The first-order valence-corrected chi connectivity index (χ1v) is 12.8. The second-order valence-electron chi connectivity index (χ2n) is 9.68. The van der Waals surface area contributed by atoms with Gasteiger partial charge in [0, 0.05) is 35.7 Å². The van der Waals surface area contributed by atoms with Crippen LogP contribution in [0.1, 0.15) is 48.8 Å². The van der Waals surface area contributed by atoms with Crippen molar-refractivity contribution in [2.75, 3.05) is 7.11 Å². The van der Waals surface area contributed by atoms with E-state index in [0.29, 0.717) is 41.0 Å². The number of nitrogens with one attached hydrogen (secondary N) is 1. The van der Waals surface area contributed by atoms with E-state index < -0.39 is 5.97 Å². The first kappa shape index (κ1) is 27.6. The molecule has 0 bridgehead atoms. The van der Waals surface area contributed by atoms with Gasteiger partial charge in [0.1, 0.15) is 23.9 Å². The molecule has 39 heavy (non-hydrogen) atoms. The van der Waals surface area contributed by atoms with Crippen LogP contribution in [0.25, 0.3) is 0 Å². The predicted octanol–water partition coefficient (Wildman–Crippen LogP) is 6.25. The number of ether oxygens (including phenoxy) is 2. The number of hydrogen-bond donors (Lipinski definition) is 2. The van der Waals surface area contributed by atoms with Crippen molar-refractivity contribution in [2.24, 2.45) is 0 Å². The van der Waals surface area contributed by atoms with Crippen LogP contribution in [0.5, 0.6) is 11.5 Å². The summed E-state index contributed by atoms with van der Waals surface area (Å²) in [5, 5.41) is 12.1. The fourth-order valence-electron chi connectivity index (χ4n) is 4.84. The maximum Gasteiger partial charge on any atom is 0.336 e.